The Morgan fingerprint density at radius 1 is 1.13 bits per heavy atom. The molecule has 1 fully saturated rings. The second-order valence-electron chi connectivity index (χ2n) is 6.58. The Balaban J connectivity index is 1.51. The van der Waals surface area contributed by atoms with E-state index in [2.05, 4.69) is 10.1 Å². The molecule has 156 valence electrons. The number of hydrogen-bond donors (Lipinski definition) is 1. The number of carbonyl (C=O) groups is 4. The largest absolute Gasteiger partial charge is 0.465 e. The number of methoxy groups -OCH3 is 1. The highest BCUT2D eigenvalue weighted by molar-refractivity contribution is 6.00. The Morgan fingerprint density at radius 2 is 1.83 bits per heavy atom. The van der Waals surface area contributed by atoms with Crippen molar-refractivity contribution in [3.63, 3.8) is 0 Å². The molecule has 0 aromatic heterocycles. The van der Waals surface area contributed by atoms with Crippen LogP contribution in [0.15, 0.2) is 48.5 Å². The third-order valence-corrected chi connectivity index (χ3v) is 4.54. The third kappa shape index (κ3) is 4.80. The van der Waals surface area contributed by atoms with Gasteiger partial charge in [-0.1, -0.05) is 12.1 Å². The number of esters is 2. The van der Waals surface area contributed by atoms with Gasteiger partial charge < -0.3 is 19.7 Å². The van der Waals surface area contributed by atoms with E-state index in [1.165, 1.54) is 54.5 Å². The molecule has 9 heteroatoms. The number of para-hydroxylation sites is 1. The number of ether oxygens (including phenoxy) is 2. The summed E-state index contributed by atoms with van der Waals surface area (Å²) < 4.78 is 23.5. The van der Waals surface area contributed by atoms with Crippen LogP contribution in [0.3, 0.4) is 0 Å². The van der Waals surface area contributed by atoms with Gasteiger partial charge in [0.2, 0.25) is 5.91 Å². The van der Waals surface area contributed by atoms with Gasteiger partial charge in [0, 0.05) is 18.7 Å². The first-order valence-corrected chi connectivity index (χ1v) is 9.09. The molecule has 0 aliphatic carbocycles. The van der Waals surface area contributed by atoms with E-state index >= 15 is 0 Å². The van der Waals surface area contributed by atoms with Gasteiger partial charge in [0.05, 0.1) is 24.3 Å². The Morgan fingerprint density at radius 3 is 2.50 bits per heavy atom. The molecule has 1 aliphatic rings. The lowest BCUT2D eigenvalue weighted by Gasteiger charge is -2.17. The molecule has 0 bridgehead atoms. The summed E-state index contributed by atoms with van der Waals surface area (Å²) in [5.74, 6) is -3.53. The van der Waals surface area contributed by atoms with Gasteiger partial charge in [-0.25, -0.2) is 9.18 Å². The number of carbonyl (C=O) groups excluding carboxylic acids is 4. The first-order chi connectivity index (χ1) is 14.4. The van der Waals surface area contributed by atoms with Crippen LogP contribution < -0.4 is 10.2 Å². The van der Waals surface area contributed by atoms with Gasteiger partial charge in [-0.05, 0) is 36.4 Å². The summed E-state index contributed by atoms with van der Waals surface area (Å²) in [6, 6.07) is 11.8. The second-order valence-corrected chi connectivity index (χ2v) is 6.58. The van der Waals surface area contributed by atoms with E-state index in [0.29, 0.717) is 11.3 Å². The third-order valence-electron chi connectivity index (χ3n) is 4.54. The van der Waals surface area contributed by atoms with Crippen molar-refractivity contribution in [1.29, 1.82) is 0 Å². The zero-order valence-corrected chi connectivity index (χ0v) is 16.1. The number of rotatable bonds is 6. The van der Waals surface area contributed by atoms with Crippen LogP contribution in [0.1, 0.15) is 16.8 Å². The van der Waals surface area contributed by atoms with Crippen LogP contribution in [-0.2, 0) is 23.9 Å². The number of amides is 2. The molecule has 1 atom stereocenters. The van der Waals surface area contributed by atoms with E-state index in [1.807, 2.05) is 0 Å². The molecular weight excluding hydrogens is 395 g/mol. The monoisotopic (exact) mass is 414 g/mol. The number of hydrogen-bond acceptors (Lipinski definition) is 6. The fourth-order valence-electron chi connectivity index (χ4n) is 3.03. The molecule has 2 aromatic carbocycles. The topological polar surface area (TPSA) is 102 Å². The molecule has 0 saturated carbocycles. The van der Waals surface area contributed by atoms with Crippen molar-refractivity contribution in [2.24, 2.45) is 5.92 Å². The van der Waals surface area contributed by atoms with Gasteiger partial charge in [-0.2, -0.15) is 0 Å². The van der Waals surface area contributed by atoms with Gasteiger partial charge in [-0.3, -0.25) is 14.4 Å². The molecule has 0 radical (unpaired) electrons. The van der Waals surface area contributed by atoms with Crippen molar-refractivity contribution in [3.05, 3.63) is 59.9 Å². The highest BCUT2D eigenvalue weighted by Gasteiger charge is 2.37. The fourth-order valence-corrected chi connectivity index (χ4v) is 3.03. The van der Waals surface area contributed by atoms with E-state index in [-0.39, 0.29) is 18.7 Å². The van der Waals surface area contributed by atoms with Crippen molar-refractivity contribution < 1.29 is 33.0 Å². The first kappa shape index (κ1) is 21.0. The molecule has 1 saturated heterocycles. The Hall–Kier alpha value is -3.75. The lowest BCUT2D eigenvalue weighted by molar-refractivity contribution is -0.151. The molecule has 1 N–H and O–H groups in total. The van der Waals surface area contributed by atoms with Crippen LogP contribution in [0.5, 0.6) is 0 Å². The normalized spacial score (nSPS) is 15.6. The summed E-state index contributed by atoms with van der Waals surface area (Å²) in [6.07, 6.45) is -0.121. The van der Waals surface area contributed by atoms with Crippen LogP contribution in [0.2, 0.25) is 0 Å². The van der Waals surface area contributed by atoms with Crippen molar-refractivity contribution in [2.75, 3.05) is 30.5 Å². The standard InChI is InChI=1S/C21H19FN2O6/c1-29-20(27)13-6-8-15(9-7-13)23-18(25)12-30-21(28)14-10-19(26)24(11-14)17-5-3-2-4-16(17)22/h2-9,14H,10-12H2,1H3,(H,23,25)/t14-/m0/s1. The minimum atomic E-state index is -0.788. The van der Waals surface area contributed by atoms with Crippen LogP contribution in [0.4, 0.5) is 15.8 Å². The SMILES string of the molecule is COC(=O)c1ccc(NC(=O)COC(=O)[C@H]2CC(=O)N(c3ccccc3F)C2)cc1. The summed E-state index contributed by atoms with van der Waals surface area (Å²) in [7, 11) is 1.26. The second kappa shape index (κ2) is 9.17. The number of nitrogens with one attached hydrogen (secondary N) is 1. The van der Waals surface area contributed by atoms with Crippen LogP contribution in [0.25, 0.3) is 0 Å². The highest BCUT2D eigenvalue weighted by Crippen LogP contribution is 2.27. The van der Waals surface area contributed by atoms with Crippen LogP contribution in [0, 0.1) is 11.7 Å². The maximum atomic E-state index is 13.9. The predicted molar refractivity (Wildman–Crippen MR) is 104 cm³/mol. The number of benzene rings is 2. The van der Waals surface area contributed by atoms with Gasteiger partial charge >= 0.3 is 11.9 Å². The molecular formula is C21H19FN2O6. The molecule has 2 amide bonds. The molecule has 1 heterocycles. The minimum Gasteiger partial charge on any atom is -0.465 e. The molecule has 30 heavy (non-hydrogen) atoms. The summed E-state index contributed by atoms with van der Waals surface area (Å²) in [4.78, 5) is 49.0. The van der Waals surface area contributed by atoms with Crippen molar-refractivity contribution >= 4 is 35.1 Å². The zero-order chi connectivity index (χ0) is 21.7. The summed E-state index contributed by atoms with van der Waals surface area (Å²) in [5, 5.41) is 2.53. The molecule has 0 unspecified atom stereocenters. The fraction of sp³-hybridized carbons (Fsp3) is 0.238. The maximum Gasteiger partial charge on any atom is 0.337 e. The summed E-state index contributed by atoms with van der Waals surface area (Å²) >= 11 is 0. The quantitative estimate of drug-likeness (QED) is 0.727. The Kier molecular flexibility index (Phi) is 6.41. The minimum absolute atomic E-state index is 0.0186. The molecule has 0 spiro atoms. The van der Waals surface area contributed by atoms with E-state index in [0.717, 1.165) is 0 Å². The molecule has 3 rings (SSSR count). The lowest BCUT2D eigenvalue weighted by atomic mass is 10.1. The van der Waals surface area contributed by atoms with Gasteiger partial charge in [0.1, 0.15) is 5.82 Å². The summed E-state index contributed by atoms with van der Waals surface area (Å²) in [6.45, 7) is -0.558. The average molecular weight is 414 g/mol. The smallest absolute Gasteiger partial charge is 0.337 e. The van der Waals surface area contributed by atoms with Crippen molar-refractivity contribution in [3.8, 4) is 0 Å². The lowest BCUT2D eigenvalue weighted by Crippen LogP contribution is -2.28. The zero-order valence-electron chi connectivity index (χ0n) is 16.1. The van der Waals surface area contributed by atoms with Crippen molar-refractivity contribution in [1.82, 2.24) is 0 Å². The summed E-state index contributed by atoms with van der Waals surface area (Å²) in [5.41, 5.74) is 0.837. The van der Waals surface area contributed by atoms with Crippen LogP contribution >= 0.6 is 0 Å². The first-order valence-electron chi connectivity index (χ1n) is 9.09. The van der Waals surface area contributed by atoms with E-state index < -0.39 is 42.1 Å². The Labute approximate surface area is 171 Å². The van der Waals surface area contributed by atoms with Gasteiger partial charge in [-0.15, -0.1) is 0 Å². The molecule has 2 aromatic rings. The molecule has 1 aliphatic heterocycles. The number of anilines is 2. The van der Waals surface area contributed by atoms with Gasteiger partial charge in [0.25, 0.3) is 5.91 Å². The average Bonchev–Trinajstić information content (AvgIpc) is 3.14. The predicted octanol–water partition coefficient (Wildman–Crippen LogP) is 2.15. The Bertz CT molecular complexity index is 976. The van der Waals surface area contributed by atoms with E-state index in [4.69, 9.17) is 4.74 Å². The number of nitrogens with zero attached hydrogens (tertiary/aromatic N) is 1. The number of halogens is 1. The van der Waals surface area contributed by atoms with E-state index in [9.17, 15) is 23.6 Å². The van der Waals surface area contributed by atoms with E-state index in [1.54, 1.807) is 6.07 Å². The van der Waals surface area contributed by atoms with Crippen LogP contribution in [-0.4, -0.2) is 44.0 Å². The highest BCUT2D eigenvalue weighted by atomic mass is 19.1. The maximum absolute atomic E-state index is 13.9. The van der Waals surface area contributed by atoms with Gasteiger partial charge in [0.15, 0.2) is 6.61 Å². The van der Waals surface area contributed by atoms with Crippen molar-refractivity contribution in [2.45, 2.75) is 6.42 Å². The molecule has 8 nitrogen and oxygen atoms in total.